The molecule has 29 heavy (non-hydrogen) atoms. The number of carbonyl (C=O) groups excluding carboxylic acids is 1. The van der Waals surface area contributed by atoms with E-state index in [1.165, 1.54) is 57.8 Å². The summed E-state index contributed by atoms with van der Waals surface area (Å²) in [5.41, 5.74) is 0. The maximum atomic E-state index is 11.9. The smallest absolute Gasteiger partial charge is 0.396 e. The standard InChI is InChI=1S/C22H43O6P/c1-2-3-4-5-6-7-8-9-10-11-12-13-14-15-16-17-22(24)18-21(19-23)20-28-29(25,26)27/h9-10,21,23H,2-8,11-20H2,1H3,(H2,25,26,27)/b10-9-/t21-/m0/s1. The molecule has 0 spiro atoms. The van der Waals surface area contributed by atoms with Crippen LogP contribution in [-0.4, -0.2) is 33.9 Å². The van der Waals surface area contributed by atoms with E-state index in [2.05, 4.69) is 23.6 Å². The highest BCUT2D eigenvalue weighted by molar-refractivity contribution is 7.46. The van der Waals surface area contributed by atoms with Gasteiger partial charge < -0.3 is 14.9 Å². The van der Waals surface area contributed by atoms with Crippen molar-refractivity contribution < 1.29 is 28.8 Å². The van der Waals surface area contributed by atoms with Crippen LogP contribution in [-0.2, 0) is 13.9 Å². The van der Waals surface area contributed by atoms with Crippen molar-refractivity contribution in [1.29, 1.82) is 0 Å². The first-order valence-electron chi connectivity index (χ1n) is 11.4. The van der Waals surface area contributed by atoms with Crippen molar-refractivity contribution in [3.63, 3.8) is 0 Å². The van der Waals surface area contributed by atoms with Crippen molar-refractivity contribution in [1.82, 2.24) is 0 Å². The molecule has 0 aliphatic heterocycles. The summed E-state index contributed by atoms with van der Waals surface area (Å²) in [5.74, 6) is -0.547. The van der Waals surface area contributed by atoms with E-state index in [1.54, 1.807) is 0 Å². The topological polar surface area (TPSA) is 104 Å². The molecule has 0 aliphatic rings. The molecule has 0 aromatic heterocycles. The van der Waals surface area contributed by atoms with Gasteiger partial charge in [-0.2, -0.15) is 0 Å². The third-order valence-electron chi connectivity index (χ3n) is 4.97. The third kappa shape index (κ3) is 22.0. The molecule has 0 radical (unpaired) electrons. The van der Waals surface area contributed by atoms with Crippen LogP contribution in [0.2, 0.25) is 0 Å². The van der Waals surface area contributed by atoms with Crippen LogP contribution in [0, 0.1) is 5.92 Å². The van der Waals surface area contributed by atoms with E-state index in [0.29, 0.717) is 6.42 Å². The summed E-state index contributed by atoms with van der Waals surface area (Å²) in [6.07, 6.45) is 20.8. The number of unbranched alkanes of at least 4 members (excludes halogenated alkanes) is 11. The van der Waals surface area contributed by atoms with Crippen molar-refractivity contribution in [3.8, 4) is 0 Å². The Labute approximate surface area is 177 Å². The monoisotopic (exact) mass is 434 g/mol. The van der Waals surface area contributed by atoms with Crippen LogP contribution in [0.3, 0.4) is 0 Å². The van der Waals surface area contributed by atoms with Gasteiger partial charge in [-0.3, -0.25) is 9.32 Å². The van der Waals surface area contributed by atoms with Gasteiger partial charge >= 0.3 is 7.82 Å². The molecule has 1 atom stereocenters. The SMILES string of the molecule is CCCCCCCC/C=C\CCCCCCCC(=O)C[C@@H](CO)COP(=O)(O)O. The molecule has 0 fully saturated rings. The largest absolute Gasteiger partial charge is 0.469 e. The van der Waals surface area contributed by atoms with Gasteiger partial charge in [-0.15, -0.1) is 0 Å². The average molecular weight is 435 g/mol. The van der Waals surface area contributed by atoms with Crippen LogP contribution in [0.4, 0.5) is 0 Å². The first kappa shape index (κ1) is 28.5. The van der Waals surface area contributed by atoms with Gasteiger partial charge in [0.1, 0.15) is 5.78 Å². The van der Waals surface area contributed by atoms with E-state index in [1.807, 2.05) is 0 Å². The lowest BCUT2D eigenvalue weighted by atomic mass is 10.00. The average Bonchev–Trinajstić information content (AvgIpc) is 2.67. The van der Waals surface area contributed by atoms with Crippen LogP contribution in [0.1, 0.15) is 103 Å². The van der Waals surface area contributed by atoms with Gasteiger partial charge in [0.2, 0.25) is 0 Å². The van der Waals surface area contributed by atoms with Gasteiger partial charge in [-0.25, -0.2) is 4.57 Å². The maximum Gasteiger partial charge on any atom is 0.469 e. The van der Waals surface area contributed by atoms with Gasteiger partial charge in [-0.05, 0) is 32.1 Å². The minimum atomic E-state index is -4.56. The number of allylic oxidation sites excluding steroid dienone is 2. The van der Waals surface area contributed by atoms with Crippen molar-refractivity contribution in [3.05, 3.63) is 12.2 Å². The summed E-state index contributed by atoms with van der Waals surface area (Å²) >= 11 is 0. The summed E-state index contributed by atoms with van der Waals surface area (Å²) in [5, 5.41) is 9.18. The normalized spacial score (nSPS) is 13.2. The fraction of sp³-hybridized carbons (Fsp3) is 0.864. The van der Waals surface area contributed by atoms with Crippen LogP contribution in [0.15, 0.2) is 12.2 Å². The van der Waals surface area contributed by atoms with Crippen molar-refractivity contribution in [2.75, 3.05) is 13.2 Å². The second kappa shape index (κ2) is 19.4. The zero-order valence-electron chi connectivity index (χ0n) is 18.3. The molecule has 0 rings (SSSR count). The fourth-order valence-electron chi connectivity index (χ4n) is 3.20. The zero-order chi connectivity index (χ0) is 21.8. The van der Waals surface area contributed by atoms with Crippen LogP contribution >= 0.6 is 7.82 Å². The molecule has 0 saturated heterocycles. The minimum Gasteiger partial charge on any atom is -0.396 e. The lowest BCUT2D eigenvalue weighted by Crippen LogP contribution is -2.17. The van der Waals surface area contributed by atoms with Crippen molar-refractivity contribution in [2.45, 2.75) is 103 Å². The molecule has 0 unspecified atom stereocenters. The number of hydrogen-bond acceptors (Lipinski definition) is 4. The quantitative estimate of drug-likeness (QED) is 0.122. The lowest BCUT2D eigenvalue weighted by Gasteiger charge is -2.14. The van der Waals surface area contributed by atoms with E-state index in [4.69, 9.17) is 9.79 Å². The Hall–Kier alpha value is -0.520. The molecule has 3 N–H and O–H groups in total. The number of aliphatic hydroxyl groups excluding tert-OH is 1. The van der Waals surface area contributed by atoms with Gasteiger partial charge in [0.25, 0.3) is 0 Å². The van der Waals surface area contributed by atoms with Gasteiger partial charge in [0.15, 0.2) is 0 Å². The number of hydrogen-bond donors (Lipinski definition) is 3. The number of carbonyl (C=O) groups is 1. The Morgan fingerprint density at radius 3 is 1.93 bits per heavy atom. The van der Waals surface area contributed by atoms with E-state index >= 15 is 0 Å². The summed E-state index contributed by atoms with van der Waals surface area (Å²) in [6, 6.07) is 0. The molecule has 6 nitrogen and oxygen atoms in total. The molecule has 0 saturated carbocycles. The minimum absolute atomic E-state index is 0.0102. The molecular formula is C22H43O6P. The van der Waals surface area contributed by atoms with E-state index in [9.17, 15) is 14.5 Å². The first-order valence-corrected chi connectivity index (χ1v) is 12.9. The number of phosphoric ester groups is 1. The van der Waals surface area contributed by atoms with Gasteiger partial charge in [-0.1, -0.05) is 70.4 Å². The van der Waals surface area contributed by atoms with Crippen molar-refractivity contribution >= 4 is 13.6 Å². The number of aliphatic hydroxyl groups is 1. The fourth-order valence-corrected chi connectivity index (χ4v) is 3.60. The lowest BCUT2D eigenvalue weighted by molar-refractivity contribution is -0.120. The second-order valence-corrected chi connectivity index (χ2v) is 9.15. The summed E-state index contributed by atoms with van der Waals surface area (Å²) in [7, 11) is -4.56. The van der Waals surface area contributed by atoms with Crippen LogP contribution < -0.4 is 0 Å². The predicted octanol–water partition coefficient (Wildman–Crippen LogP) is 5.70. The van der Waals surface area contributed by atoms with Crippen molar-refractivity contribution in [2.24, 2.45) is 5.92 Å². The van der Waals surface area contributed by atoms with E-state index < -0.39 is 13.7 Å². The molecule has 172 valence electrons. The number of rotatable bonds is 21. The molecule has 0 aromatic rings. The summed E-state index contributed by atoms with van der Waals surface area (Å²) in [6.45, 7) is 1.62. The third-order valence-corrected chi connectivity index (χ3v) is 5.46. The van der Waals surface area contributed by atoms with Gasteiger partial charge in [0.05, 0.1) is 6.61 Å². The molecule has 0 aliphatic carbocycles. The summed E-state index contributed by atoms with van der Waals surface area (Å²) < 4.78 is 15.0. The Balaban J connectivity index is 3.49. The molecule has 0 aromatic carbocycles. The summed E-state index contributed by atoms with van der Waals surface area (Å²) in [4.78, 5) is 29.2. The highest BCUT2D eigenvalue weighted by atomic mass is 31.2. The van der Waals surface area contributed by atoms with Crippen LogP contribution in [0.5, 0.6) is 0 Å². The Morgan fingerprint density at radius 2 is 1.41 bits per heavy atom. The predicted molar refractivity (Wildman–Crippen MR) is 118 cm³/mol. The van der Waals surface area contributed by atoms with E-state index in [-0.39, 0.29) is 25.4 Å². The van der Waals surface area contributed by atoms with E-state index in [0.717, 1.165) is 25.7 Å². The maximum absolute atomic E-state index is 11.9. The molecule has 7 heteroatoms. The highest BCUT2D eigenvalue weighted by Crippen LogP contribution is 2.36. The highest BCUT2D eigenvalue weighted by Gasteiger charge is 2.19. The molecular weight excluding hydrogens is 391 g/mol. The number of ketones is 1. The number of phosphoric acid groups is 1. The zero-order valence-corrected chi connectivity index (χ0v) is 19.2. The first-order chi connectivity index (χ1) is 13.9. The van der Waals surface area contributed by atoms with Gasteiger partial charge in [0, 0.05) is 25.4 Å². The molecule has 0 bridgehead atoms. The Morgan fingerprint density at radius 1 is 0.897 bits per heavy atom. The Kier molecular flexibility index (Phi) is 19.1. The number of Topliss-reactive ketones (excluding diaryl/α,β-unsaturated/α-hetero) is 1. The Bertz CT molecular complexity index is 460. The van der Waals surface area contributed by atoms with Crippen LogP contribution in [0.25, 0.3) is 0 Å². The second-order valence-electron chi connectivity index (χ2n) is 7.91. The molecule has 0 amide bonds. The molecule has 0 heterocycles.